The SMILES string of the molecule is CC(C)c1noc([C@@H]2CCCCN2C(=O)Nc2cccc3nn(C)nc23)n1. The molecule has 0 bridgehead atoms. The van der Waals surface area contributed by atoms with Gasteiger partial charge in [0.15, 0.2) is 5.82 Å². The van der Waals surface area contributed by atoms with Gasteiger partial charge in [0.25, 0.3) is 0 Å². The quantitative estimate of drug-likeness (QED) is 0.760. The van der Waals surface area contributed by atoms with Gasteiger partial charge in [-0.1, -0.05) is 25.1 Å². The number of piperidine rings is 1. The second kappa shape index (κ2) is 6.98. The summed E-state index contributed by atoms with van der Waals surface area (Å²) in [5, 5.41) is 15.7. The van der Waals surface area contributed by atoms with Crippen molar-refractivity contribution in [2.24, 2.45) is 7.05 Å². The number of nitrogens with zero attached hydrogens (tertiary/aromatic N) is 6. The Labute approximate surface area is 156 Å². The third-order valence-corrected chi connectivity index (χ3v) is 4.78. The minimum Gasteiger partial charge on any atom is -0.337 e. The lowest BCUT2D eigenvalue weighted by Gasteiger charge is -2.33. The number of benzene rings is 1. The highest BCUT2D eigenvalue weighted by Crippen LogP contribution is 2.31. The molecule has 142 valence electrons. The summed E-state index contributed by atoms with van der Waals surface area (Å²) in [6.07, 6.45) is 2.78. The monoisotopic (exact) mass is 369 g/mol. The van der Waals surface area contributed by atoms with Crippen molar-refractivity contribution >= 4 is 22.8 Å². The molecule has 9 heteroatoms. The van der Waals surface area contributed by atoms with E-state index in [1.54, 1.807) is 11.9 Å². The van der Waals surface area contributed by atoms with Crippen LogP contribution >= 0.6 is 0 Å². The van der Waals surface area contributed by atoms with E-state index in [0.717, 1.165) is 24.8 Å². The topological polar surface area (TPSA) is 102 Å². The smallest absolute Gasteiger partial charge is 0.322 e. The number of hydrogen-bond donors (Lipinski definition) is 1. The Morgan fingerprint density at radius 3 is 2.93 bits per heavy atom. The standard InChI is InChI=1S/C18H23N7O2/c1-11(2)16-20-17(27-23-16)14-9-4-5-10-25(14)18(26)19-12-7-6-8-13-15(12)22-24(3)21-13/h6-8,11,14H,4-5,9-10H2,1-3H3,(H,19,26)/t14-/m0/s1. The zero-order valence-electron chi connectivity index (χ0n) is 15.7. The molecule has 0 spiro atoms. The first kappa shape index (κ1) is 17.4. The molecule has 9 nitrogen and oxygen atoms in total. The van der Waals surface area contributed by atoms with E-state index in [4.69, 9.17) is 4.52 Å². The fourth-order valence-corrected chi connectivity index (χ4v) is 3.38. The number of aromatic nitrogens is 5. The third kappa shape index (κ3) is 3.36. The van der Waals surface area contributed by atoms with Gasteiger partial charge >= 0.3 is 6.03 Å². The van der Waals surface area contributed by atoms with Gasteiger partial charge in [-0.25, -0.2) is 4.79 Å². The zero-order chi connectivity index (χ0) is 19.0. The Kier molecular flexibility index (Phi) is 4.51. The van der Waals surface area contributed by atoms with Crippen LogP contribution in [0.2, 0.25) is 0 Å². The highest BCUT2D eigenvalue weighted by Gasteiger charge is 2.32. The predicted octanol–water partition coefficient (Wildman–Crippen LogP) is 3.23. The molecule has 0 radical (unpaired) electrons. The average Bonchev–Trinajstić information content (AvgIpc) is 3.28. The third-order valence-electron chi connectivity index (χ3n) is 4.78. The van der Waals surface area contributed by atoms with E-state index in [1.165, 1.54) is 4.80 Å². The lowest BCUT2D eigenvalue weighted by atomic mass is 10.0. The lowest BCUT2D eigenvalue weighted by Crippen LogP contribution is -2.41. The van der Waals surface area contributed by atoms with Crippen LogP contribution in [0.1, 0.15) is 56.8 Å². The Hall–Kier alpha value is -2.97. The minimum absolute atomic E-state index is 0.183. The molecule has 1 saturated heterocycles. The summed E-state index contributed by atoms with van der Waals surface area (Å²) in [5.74, 6) is 1.36. The molecule has 0 aliphatic carbocycles. The number of likely N-dealkylation sites (tertiary alicyclic amines) is 1. The van der Waals surface area contributed by atoms with Crippen LogP contribution < -0.4 is 5.32 Å². The van der Waals surface area contributed by atoms with Gasteiger partial charge in [0.1, 0.15) is 17.1 Å². The largest absolute Gasteiger partial charge is 0.337 e. The second-order valence-corrected chi connectivity index (χ2v) is 7.14. The average molecular weight is 369 g/mol. The van der Waals surface area contributed by atoms with Crippen LogP contribution in [0.25, 0.3) is 11.0 Å². The van der Waals surface area contributed by atoms with Crippen LogP contribution in [0.4, 0.5) is 10.5 Å². The van der Waals surface area contributed by atoms with E-state index in [0.29, 0.717) is 29.5 Å². The summed E-state index contributed by atoms with van der Waals surface area (Å²) in [6, 6.07) is 5.15. The highest BCUT2D eigenvalue weighted by molar-refractivity contribution is 5.98. The van der Waals surface area contributed by atoms with Crippen LogP contribution in [0.5, 0.6) is 0 Å². The Morgan fingerprint density at radius 2 is 2.15 bits per heavy atom. The summed E-state index contributed by atoms with van der Waals surface area (Å²) < 4.78 is 5.46. The van der Waals surface area contributed by atoms with E-state index in [2.05, 4.69) is 25.7 Å². The van der Waals surface area contributed by atoms with Crippen molar-refractivity contribution in [3.63, 3.8) is 0 Å². The summed E-state index contributed by atoms with van der Waals surface area (Å²) >= 11 is 0. The van der Waals surface area contributed by atoms with Crippen LogP contribution in [0, 0.1) is 0 Å². The van der Waals surface area contributed by atoms with E-state index < -0.39 is 0 Å². The second-order valence-electron chi connectivity index (χ2n) is 7.14. The summed E-state index contributed by atoms with van der Waals surface area (Å²) in [7, 11) is 1.76. The molecule has 1 atom stereocenters. The lowest BCUT2D eigenvalue weighted by molar-refractivity contribution is 0.142. The molecule has 1 aliphatic rings. The van der Waals surface area contributed by atoms with Crippen LogP contribution in [-0.2, 0) is 7.05 Å². The van der Waals surface area contributed by atoms with Crippen molar-refractivity contribution in [1.82, 2.24) is 30.0 Å². The number of urea groups is 1. The highest BCUT2D eigenvalue weighted by atomic mass is 16.5. The first-order valence-corrected chi connectivity index (χ1v) is 9.24. The molecular weight excluding hydrogens is 346 g/mol. The van der Waals surface area contributed by atoms with E-state index in [1.807, 2.05) is 32.0 Å². The first-order valence-electron chi connectivity index (χ1n) is 9.24. The van der Waals surface area contributed by atoms with Gasteiger partial charge in [-0.15, -0.1) is 0 Å². The van der Waals surface area contributed by atoms with Crippen molar-refractivity contribution in [3.8, 4) is 0 Å². The zero-order valence-corrected chi connectivity index (χ0v) is 15.7. The van der Waals surface area contributed by atoms with Gasteiger partial charge in [0.05, 0.1) is 5.69 Å². The molecule has 3 aromatic rings. The molecule has 0 saturated carbocycles. The molecule has 1 aliphatic heterocycles. The number of anilines is 1. The molecule has 2 amide bonds. The minimum atomic E-state index is -0.209. The number of aryl methyl sites for hydroxylation is 1. The molecular formula is C18H23N7O2. The molecule has 0 unspecified atom stereocenters. The number of hydrogen-bond acceptors (Lipinski definition) is 6. The van der Waals surface area contributed by atoms with Gasteiger partial charge in [0.2, 0.25) is 5.89 Å². The molecule has 2 aromatic heterocycles. The number of carbonyl (C=O) groups excluding carboxylic acids is 1. The van der Waals surface area contributed by atoms with E-state index in [-0.39, 0.29) is 18.0 Å². The van der Waals surface area contributed by atoms with Crippen molar-refractivity contribution in [3.05, 3.63) is 29.9 Å². The van der Waals surface area contributed by atoms with Crippen molar-refractivity contribution in [2.75, 3.05) is 11.9 Å². The molecule has 3 heterocycles. The normalized spacial score (nSPS) is 17.6. The van der Waals surface area contributed by atoms with Crippen LogP contribution in [0.3, 0.4) is 0 Å². The van der Waals surface area contributed by atoms with Crippen molar-refractivity contribution in [1.29, 1.82) is 0 Å². The van der Waals surface area contributed by atoms with Crippen molar-refractivity contribution in [2.45, 2.75) is 45.1 Å². The predicted molar refractivity (Wildman–Crippen MR) is 99.2 cm³/mol. The van der Waals surface area contributed by atoms with E-state index >= 15 is 0 Å². The van der Waals surface area contributed by atoms with Crippen molar-refractivity contribution < 1.29 is 9.32 Å². The van der Waals surface area contributed by atoms with Gasteiger partial charge in [-0.3, -0.25) is 0 Å². The molecule has 1 fully saturated rings. The summed E-state index contributed by atoms with van der Waals surface area (Å²) in [5.41, 5.74) is 2.05. The summed E-state index contributed by atoms with van der Waals surface area (Å²) in [4.78, 5) is 20.8. The van der Waals surface area contributed by atoms with Gasteiger partial charge in [-0.05, 0) is 31.4 Å². The molecule has 27 heavy (non-hydrogen) atoms. The number of nitrogens with one attached hydrogen (secondary N) is 1. The van der Waals surface area contributed by atoms with Gasteiger partial charge in [-0.2, -0.15) is 20.0 Å². The first-order chi connectivity index (χ1) is 13.0. The Bertz CT molecular complexity index is 962. The number of rotatable bonds is 3. The van der Waals surface area contributed by atoms with Crippen LogP contribution in [0.15, 0.2) is 22.7 Å². The maximum atomic E-state index is 13.0. The maximum absolute atomic E-state index is 13.0. The Balaban J connectivity index is 1.58. The van der Waals surface area contributed by atoms with Gasteiger partial charge < -0.3 is 14.7 Å². The fraction of sp³-hybridized carbons (Fsp3) is 0.500. The fourth-order valence-electron chi connectivity index (χ4n) is 3.38. The summed E-state index contributed by atoms with van der Waals surface area (Å²) in [6.45, 7) is 4.68. The molecule has 1 aromatic carbocycles. The molecule has 4 rings (SSSR count). The van der Waals surface area contributed by atoms with E-state index in [9.17, 15) is 4.79 Å². The van der Waals surface area contributed by atoms with Gasteiger partial charge in [0, 0.05) is 19.5 Å². The van der Waals surface area contributed by atoms with Crippen LogP contribution in [-0.4, -0.2) is 42.6 Å². The Morgan fingerprint density at radius 1 is 1.30 bits per heavy atom. The number of carbonyl (C=O) groups is 1. The molecule has 1 N–H and O–H groups in total. The number of amides is 2. The maximum Gasteiger partial charge on any atom is 0.322 e. The number of fused-ring (bicyclic) bond motifs is 1.